The maximum atomic E-state index is 12.6. The Bertz CT molecular complexity index is 654. The Morgan fingerprint density at radius 2 is 2.26 bits per heavy atom. The lowest BCUT2D eigenvalue weighted by Crippen LogP contribution is -2.48. The number of rotatable bonds is 5. The summed E-state index contributed by atoms with van der Waals surface area (Å²) in [6.45, 7) is 0.400. The zero-order valence-corrected chi connectivity index (χ0v) is 13.6. The van der Waals surface area contributed by atoms with Crippen molar-refractivity contribution < 1.29 is 18.4 Å². The van der Waals surface area contributed by atoms with Gasteiger partial charge in [-0.3, -0.25) is 9.59 Å². The fraction of sp³-hybridized carbons (Fsp3) is 0.375. The van der Waals surface area contributed by atoms with Gasteiger partial charge in [0.2, 0.25) is 11.8 Å². The maximum Gasteiger partial charge on any atom is 0.246 e. The van der Waals surface area contributed by atoms with E-state index in [4.69, 9.17) is 8.83 Å². The minimum Gasteiger partial charge on any atom is -0.472 e. The molecule has 0 aromatic carbocycles. The molecule has 2 aromatic heterocycles. The Kier molecular flexibility index (Phi) is 4.76. The minimum absolute atomic E-state index is 0.0545. The van der Waals surface area contributed by atoms with Crippen molar-refractivity contribution in [2.24, 2.45) is 0 Å². The number of thioether (sulfide) groups is 1. The van der Waals surface area contributed by atoms with Crippen LogP contribution in [0, 0.1) is 0 Å². The molecule has 2 amide bonds. The van der Waals surface area contributed by atoms with Crippen molar-refractivity contribution in [2.45, 2.75) is 19.0 Å². The number of carbonyl (C=O) groups excluding carboxylic acids is 2. The second kappa shape index (κ2) is 6.95. The van der Waals surface area contributed by atoms with E-state index in [1.165, 1.54) is 0 Å². The smallest absolute Gasteiger partial charge is 0.246 e. The van der Waals surface area contributed by atoms with Crippen molar-refractivity contribution in [3.63, 3.8) is 0 Å². The van der Waals surface area contributed by atoms with Gasteiger partial charge in [-0.05, 0) is 23.8 Å². The zero-order valence-electron chi connectivity index (χ0n) is 12.8. The maximum absolute atomic E-state index is 12.6. The molecule has 122 valence electrons. The fourth-order valence-electron chi connectivity index (χ4n) is 2.53. The van der Waals surface area contributed by atoms with Crippen LogP contribution in [0.3, 0.4) is 0 Å². The molecule has 7 heteroatoms. The van der Waals surface area contributed by atoms with Crippen molar-refractivity contribution in [1.82, 2.24) is 9.80 Å². The molecule has 3 heterocycles. The summed E-state index contributed by atoms with van der Waals surface area (Å²) in [6.07, 6.45) is 4.94. The third-order valence-corrected chi connectivity index (χ3v) is 4.78. The van der Waals surface area contributed by atoms with Crippen LogP contribution < -0.4 is 0 Å². The molecule has 1 saturated heterocycles. The Labute approximate surface area is 138 Å². The molecule has 0 spiro atoms. The van der Waals surface area contributed by atoms with Gasteiger partial charge in [-0.25, -0.2) is 0 Å². The number of hydrogen-bond donors (Lipinski definition) is 0. The van der Waals surface area contributed by atoms with E-state index in [0.717, 1.165) is 11.3 Å². The fourth-order valence-corrected chi connectivity index (χ4v) is 3.70. The summed E-state index contributed by atoms with van der Waals surface area (Å²) < 4.78 is 10.3. The standard InChI is InChI=1S/C16H18N2O4S/c1-17(8-13-3-2-5-22-13)16(20)14-10-23-11-18(14)15(19)7-12-4-6-21-9-12/h2-6,9,14H,7-8,10-11H2,1H3/t14-/m1/s1. The van der Waals surface area contributed by atoms with Crippen LogP contribution in [0.4, 0.5) is 0 Å². The lowest BCUT2D eigenvalue weighted by atomic mass is 10.2. The number of carbonyl (C=O) groups is 2. The first-order chi connectivity index (χ1) is 11.1. The Balaban J connectivity index is 1.63. The predicted molar refractivity (Wildman–Crippen MR) is 85.6 cm³/mol. The number of furan rings is 2. The summed E-state index contributed by atoms with van der Waals surface area (Å²) in [7, 11) is 1.73. The molecule has 1 aliphatic heterocycles. The van der Waals surface area contributed by atoms with E-state index >= 15 is 0 Å². The van der Waals surface area contributed by atoms with Gasteiger partial charge in [0, 0.05) is 12.8 Å². The highest BCUT2D eigenvalue weighted by Crippen LogP contribution is 2.24. The van der Waals surface area contributed by atoms with Crippen LogP contribution in [0.1, 0.15) is 11.3 Å². The molecular formula is C16H18N2O4S. The topological polar surface area (TPSA) is 66.9 Å². The van der Waals surface area contributed by atoms with Crippen molar-refractivity contribution >= 4 is 23.6 Å². The largest absolute Gasteiger partial charge is 0.472 e. The highest BCUT2D eigenvalue weighted by Gasteiger charge is 2.36. The normalized spacial score (nSPS) is 17.4. The molecule has 1 fully saturated rings. The molecule has 0 N–H and O–H groups in total. The molecule has 2 aromatic rings. The Morgan fingerprint density at radius 1 is 1.39 bits per heavy atom. The zero-order chi connectivity index (χ0) is 16.2. The molecule has 23 heavy (non-hydrogen) atoms. The van der Waals surface area contributed by atoms with Gasteiger partial charge in [0.1, 0.15) is 11.8 Å². The van der Waals surface area contributed by atoms with Crippen LogP contribution in [-0.2, 0) is 22.6 Å². The van der Waals surface area contributed by atoms with Crippen molar-refractivity contribution in [1.29, 1.82) is 0 Å². The number of amides is 2. The van der Waals surface area contributed by atoms with Gasteiger partial charge in [-0.1, -0.05) is 0 Å². The molecular weight excluding hydrogens is 316 g/mol. The molecule has 1 atom stereocenters. The first-order valence-electron chi connectivity index (χ1n) is 7.31. The van der Waals surface area contributed by atoms with Gasteiger partial charge in [0.25, 0.3) is 0 Å². The molecule has 0 radical (unpaired) electrons. The summed E-state index contributed by atoms with van der Waals surface area (Å²) in [5, 5.41) is 0. The quantitative estimate of drug-likeness (QED) is 0.836. The van der Waals surface area contributed by atoms with Gasteiger partial charge in [0.05, 0.1) is 37.6 Å². The molecule has 0 saturated carbocycles. The van der Waals surface area contributed by atoms with Crippen LogP contribution in [-0.4, -0.2) is 46.3 Å². The van der Waals surface area contributed by atoms with Gasteiger partial charge < -0.3 is 18.6 Å². The monoisotopic (exact) mass is 334 g/mol. The SMILES string of the molecule is CN(Cc1ccco1)C(=O)[C@H]1CSCN1C(=O)Cc1ccoc1. The molecule has 3 rings (SSSR count). The van der Waals surface area contributed by atoms with Gasteiger partial charge in [-0.15, -0.1) is 11.8 Å². The third-order valence-electron chi connectivity index (χ3n) is 3.77. The lowest BCUT2D eigenvalue weighted by molar-refractivity contribution is -0.142. The van der Waals surface area contributed by atoms with Crippen molar-refractivity contribution in [3.05, 3.63) is 48.3 Å². The van der Waals surface area contributed by atoms with Crippen molar-refractivity contribution in [3.8, 4) is 0 Å². The van der Waals surface area contributed by atoms with Crippen LogP contribution in [0.5, 0.6) is 0 Å². The van der Waals surface area contributed by atoms with E-state index in [2.05, 4.69) is 0 Å². The summed E-state index contributed by atoms with van der Waals surface area (Å²) in [4.78, 5) is 28.4. The van der Waals surface area contributed by atoms with Gasteiger partial charge in [-0.2, -0.15) is 0 Å². The minimum atomic E-state index is -0.417. The van der Waals surface area contributed by atoms with E-state index in [0.29, 0.717) is 18.2 Å². The Hall–Kier alpha value is -2.15. The second-order valence-corrected chi connectivity index (χ2v) is 6.46. The molecule has 0 bridgehead atoms. The first kappa shape index (κ1) is 15.7. The summed E-state index contributed by atoms with van der Waals surface area (Å²) >= 11 is 1.60. The van der Waals surface area contributed by atoms with E-state index in [1.807, 2.05) is 6.07 Å². The molecule has 0 aliphatic carbocycles. The summed E-state index contributed by atoms with van der Waals surface area (Å²) in [5.74, 6) is 1.77. The van der Waals surface area contributed by atoms with E-state index in [-0.39, 0.29) is 18.2 Å². The Morgan fingerprint density at radius 3 is 2.96 bits per heavy atom. The van der Waals surface area contributed by atoms with Crippen molar-refractivity contribution in [2.75, 3.05) is 18.7 Å². The third kappa shape index (κ3) is 3.61. The highest BCUT2D eigenvalue weighted by atomic mass is 32.2. The van der Waals surface area contributed by atoms with Crippen LogP contribution in [0.2, 0.25) is 0 Å². The summed E-state index contributed by atoms with van der Waals surface area (Å²) in [5.41, 5.74) is 0.821. The lowest BCUT2D eigenvalue weighted by Gasteiger charge is -2.27. The number of hydrogen-bond acceptors (Lipinski definition) is 5. The highest BCUT2D eigenvalue weighted by molar-refractivity contribution is 7.99. The predicted octanol–water partition coefficient (Wildman–Crippen LogP) is 1.98. The van der Waals surface area contributed by atoms with Crippen LogP contribution >= 0.6 is 11.8 Å². The van der Waals surface area contributed by atoms with Gasteiger partial charge in [0.15, 0.2) is 0 Å². The number of likely N-dealkylation sites (N-methyl/N-ethyl adjacent to an activating group) is 1. The number of nitrogens with zero attached hydrogens (tertiary/aromatic N) is 2. The second-order valence-electron chi connectivity index (χ2n) is 5.46. The molecule has 6 nitrogen and oxygen atoms in total. The average molecular weight is 334 g/mol. The van der Waals surface area contributed by atoms with E-state index in [9.17, 15) is 9.59 Å². The first-order valence-corrected chi connectivity index (χ1v) is 8.46. The molecule has 1 aliphatic rings. The van der Waals surface area contributed by atoms with Gasteiger partial charge >= 0.3 is 0 Å². The van der Waals surface area contributed by atoms with E-state index < -0.39 is 6.04 Å². The van der Waals surface area contributed by atoms with E-state index in [1.54, 1.807) is 59.5 Å². The average Bonchev–Trinajstić information content (AvgIpc) is 3.28. The molecule has 0 unspecified atom stereocenters. The van der Waals surface area contributed by atoms with Crippen LogP contribution in [0.25, 0.3) is 0 Å². The van der Waals surface area contributed by atoms with Crippen LogP contribution in [0.15, 0.2) is 45.8 Å². The summed E-state index contributed by atoms with van der Waals surface area (Å²) in [6, 6.07) is 4.97.